The average Bonchev–Trinajstić information content (AvgIpc) is 2.23. The summed E-state index contributed by atoms with van der Waals surface area (Å²) in [5, 5.41) is 10.4. The van der Waals surface area contributed by atoms with E-state index in [1.165, 1.54) is 5.56 Å². The first-order valence-corrected chi connectivity index (χ1v) is 7.27. The second-order valence-corrected chi connectivity index (χ2v) is 6.21. The number of benzene rings is 1. The molecule has 1 rings (SSSR count). The van der Waals surface area contributed by atoms with Crippen LogP contribution in [0.25, 0.3) is 0 Å². The molecule has 18 heavy (non-hydrogen) atoms. The van der Waals surface area contributed by atoms with E-state index in [0.717, 1.165) is 36.8 Å². The zero-order valence-corrected chi connectivity index (χ0v) is 12.6. The molecule has 0 aliphatic carbocycles. The summed E-state index contributed by atoms with van der Waals surface area (Å²) in [6.45, 7) is 11.0. The van der Waals surface area contributed by atoms with Gasteiger partial charge in [-0.3, -0.25) is 0 Å². The number of hydrogen-bond donors (Lipinski definition) is 1. The SMILES string of the molecule is CCCc1cc(CC(C)C)c(O)c(CC(C)C)c1. The van der Waals surface area contributed by atoms with Gasteiger partial charge in [-0.1, -0.05) is 53.2 Å². The van der Waals surface area contributed by atoms with E-state index in [0.29, 0.717) is 17.6 Å². The molecule has 0 atom stereocenters. The van der Waals surface area contributed by atoms with Gasteiger partial charge in [0.2, 0.25) is 0 Å². The number of phenols is 1. The molecule has 0 amide bonds. The maximum atomic E-state index is 10.4. The lowest BCUT2D eigenvalue weighted by molar-refractivity contribution is 0.450. The summed E-state index contributed by atoms with van der Waals surface area (Å²) in [4.78, 5) is 0. The molecule has 0 aliphatic heterocycles. The minimum Gasteiger partial charge on any atom is -0.507 e. The van der Waals surface area contributed by atoms with Crippen LogP contribution in [0.5, 0.6) is 5.75 Å². The maximum absolute atomic E-state index is 10.4. The van der Waals surface area contributed by atoms with Gasteiger partial charge in [0.25, 0.3) is 0 Å². The highest BCUT2D eigenvalue weighted by Gasteiger charge is 2.12. The fraction of sp³-hybridized carbons (Fsp3) is 0.647. The van der Waals surface area contributed by atoms with Gasteiger partial charge in [0, 0.05) is 0 Å². The van der Waals surface area contributed by atoms with Crippen molar-refractivity contribution in [2.45, 2.75) is 60.3 Å². The molecule has 0 fully saturated rings. The van der Waals surface area contributed by atoms with Crippen molar-refractivity contribution in [1.82, 2.24) is 0 Å². The van der Waals surface area contributed by atoms with Gasteiger partial charge in [-0.05, 0) is 47.8 Å². The highest BCUT2D eigenvalue weighted by Crippen LogP contribution is 2.29. The molecule has 0 spiro atoms. The molecule has 1 heteroatoms. The molecule has 0 aliphatic rings. The molecule has 102 valence electrons. The zero-order valence-electron chi connectivity index (χ0n) is 12.6. The van der Waals surface area contributed by atoms with Crippen LogP contribution < -0.4 is 0 Å². The Morgan fingerprint density at radius 2 is 1.39 bits per heavy atom. The number of hydrogen-bond acceptors (Lipinski definition) is 1. The topological polar surface area (TPSA) is 20.2 Å². The standard InChI is InChI=1S/C17H28O/c1-6-7-14-10-15(8-12(2)3)17(18)16(11-14)9-13(4)5/h10-13,18H,6-9H2,1-5H3. The van der Waals surface area contributed by atoms with Crippen LogP contribution in [0.2, 0.25) is 0 Å². The first-order chi connectivity index (χ1) is 8.43. The Kier molecular flexibility index (Phi) is 5.71. The van der Waals surface area contributed by atoms with Gasteiger partial charge < -0.3 is 5.11 Å². The highest BCUT2D eigenvalue weighted by atomic mass is 16.3. The van der Waals surface area contributed by atoms with Gasteiger partial charge in [-0.25, -0.2) is 0 Å². The maximum Gasteiger partial charge on any atom is 0.121 e. The van der Waals surface area contributed by atoms with Crippen LogP contribution in [0.4, 0.5) is 0 Å². The van der Waals surface area contributed by atoms with Crippen molar-refractivity contribution in [2.75, 3.05) is 0 Å². The lowest BCUT2D eigenvalue weighted by atomic mass is 9.92. The van der Waals surface area contributed by atoms with Gasteiger partial charge in [0.1, 0.15) is 5.75 Å². The Labute approximate surface area is 112 Å². The quantitative estimate of drug-likeness (QED) is 0.771. The van der Waals surface area contributed by atoms with Gasteiger partial charge in [-0.2, -0.15) is 0 Å². The minimum atomic E-state index is 0.539. The van der Waals surface area contributed by atoms with Gasteiger partial charge in [-0.15, -0.1) is 0 Å². The van der Waals surface area contributed by atoms with Crippen LogP contribution in [-0.2, 0) is 19.3 Å². The normalized spacial score (nSPS) is 11.5. The van der Waals surface area contributed by atoms with E-state index in [9.17, 15) is 5.11 Å². The smallest absolute Gasteiger partial charge is 0.121 e. The lowest BCUT2D eigenvalue weighted by Crippen LogP contribution is -2.02. The van der Waals surface area contributed by atoms with Crippen molar-refractivity contribution in [3.63, 3.8) is 0 Å². The van der Waals surface area contributed by atoms with Crippen LogP contribution in [-0.4, -0.2) is 5.11 Å². The summed E-state index contributed by atoms with van der Waals surface area (Å²) >= 11 is 0. The molecule has 0 aromatic heterocycles. The Bertz CT molecular complexity index is 346. The van der Waals surface area contributed by atoms with Crippen molar-refractivity contribution >= 4 is 0 Å². The van der Waals surface area contributed by atoms with Crippen molar-refractivity contribution in [3.05, 3.63) is 28.8 Å². The Balaban J connectivity index is 3.10. The van der Waals surface area contributed by atoms with Crippen molar-refractivity contribution in [1.29, 1.82) is 0 Å². The van der Waals surface area contributed by atoms with E-state index in [2.05, 4.69) is 46.8 Å². The molecule has 0 saturated heterocycles. The predicted molar refractivity (Wildman–Crippen MR) is 79.2 cm³/mol. The van der Waals surface area contributed by atoms with Crippen molar-refractivity contribution in [2.24, 2.45) is 11.8 Å². The fourth-order valence-electron chi connectivity index (χ4n) is 2.46. The molecule has 1 aromatic rings. The second kappa shape index (κ2) is 6.82. The third-order valence-corrected chi connectivity index (χ3v) is 3.12. The molecular formula is C17H28O. The second-order valence-electron chi connectivity index (χ2n) is 6.21. The monoisotopic (exact) mass is 248 g/mol. The molecule has 1 aromatic carbocycles. The van der Waals surface area contributed by atoms with E-state index < -0.39 is 0 Å². The van der Waals surface area contributed by atoms with Crippen LogP contribution >= 0.6 is 0 Å². The minimum absolute atomic E-state index is 0.539. The van der Waals surface area contributed by atoms with Gasteiger partial charge in [0.05, 0.1) is 0 Å². The van der Waals surface area contributed by atoms with Crippen LogP contribution in [0.3, 0.4) is 0 Å². The molecule has 0 radical (unpaired) electrons. The van der Waals surface area contributed by atoms with E-state index in [-0.39, 0.29) is 0 Å². The fourth-order valence-corrected chi connectivity index (χ4v) is 2.46. The molecule has 0 bridgehead atoms. The van der Waals surface area contributed by atoms with E-state index in [1.807, 2.05) is 0 Å². The molecule has 1 nitrogen and oxygen atoms in total. The summed E-state index contributed by atoms with van der Waals surface area (Å²) in [6, 6.07) is 4.39. The predicted octanol–water partition coefficient (Wildman–Crippen LogP) is 4.74. The summed E-state index contributed by atoms with van der Waals surface area (Å²) in [6.07, 6.45) is 4.20. The molecule has 1 N–H and O–H groups in total. The van der Waals surface area contributed by atoms with E-state index in [1.54, 1.807) is 0 Å². The number of aryl methyl sites for hydroxylation is 1. The largest absolute Gasteiger partial charge is 0.507 e. The molecule has 0 heterocycles. The van der Waals surface area contributed by atoms with Gasteiger partial charge in [0.15, 0.2) is 0 Å². The highest BCUT2D eigenvalue weighted by molar-refractivity contribution is 5.44. The lowest BCUT2D eigenvalue weighted by Gasteiger charge is -2.15. The van der Waals surface area contributed by atoms with Gasteiger partial charge >= 0.3 is 0 Å². The van der Waals surface area contributed by atoms with Crippen LogP contribution in [0.1, 0.15) is 57.7 Å². The van der Waals surface area contributed by atoms with Crippen molar-refractivity contribution in [3.8, 4) is 5.75 Å². The number of rotatable bonds is 6. The summed E-state index contributed by atoms with van der Waals surface area (Å²) in [5.41, 5.74) is 3.64. The van der Waals surface area contributed by atoms with E-state index in [4.69, 9.17) is 0 Å². The van der Waals surface area contributed by atoms with Crippen LogP contribution in [0, 0.1) is 11.8 Å². The zero-order chi connectivity index (χ0) is 13.7. The summed E-state index contributed by atoms with van der Waals surface area (Å²) in [5.74, 6) is 1.71. The third kappa shape index (κ3) is 4.36. The molecule has 0 saturated carbocycles. The third-order valence-electron chi connectivity index (χ3n) is 3.12. The molecule has 0 unspecified atom stereocenters. The molecular weight excluding hydrogens is 220 g/mol. The Hall–Kier alpha value is -0.980. The summed E-state index contributed by atoms with van der Waals surface area (Å²) < 4.78 is 0. The number of aromatic hydroxyl groups is 1. The average molecular weight is 248 g/mol. The van der Waals surface area contributed by atoms with Crippen molar-refractivity contribution < 1.29 is 5.11 Å². The first kappa shape index (κ1) is 15.1. The Morgan fingerprint density at radius 3 is 1.72 bits per heavy atom. The first-order valence-electron chi connectivity index (χ1n) is 7.27. The summed E-state index contributed by atoms with van der Waals surface area (Å²) in [7, 11) is 0. The number of phenolic OH excluding ortho intramolecular Hbond substituents is 1. The van der Waals surface area contributed by atoms with E-state index >= 15 is 0 Å². The Morgan fingerprint density at radius 1 is 0.944 bits per heavy atom. The van der Waals surface area contributed by atoms with Crippen LogP contribution in [0.15, 0.2) is 12.1 Å².